The van der Waals surface area contributed by atoms with E-state index in [4.69, 9.17) is 0 Å². The van der Waals surface area contributed by atoms with Crippen molar-refractivity contribution in [2.45, 2.75) is 13.0 Å². The lowest BCUT2D eigenvalue weighted by atomic mass is 10.2. The summed E-state index contributed by atoms with van der Waals surface area (Å²) in [4.78, 5) is 1.39. The summed E-state index contributed by atoms with van der Waals surface area (Å²) < 4.78 is 0. The van der Waals surface area contributed by atoms with Gasteiger partial charge in [0.2, 0.25) is 0 Å². The summed E-state index contributed by atoms with van der Waals surface area (Å²) in [5.74, 6) is 0.367. The average molecular weight is 233 g/mol. The van der Waals surface area contributed by atoms with Crippen molar-refractivity contribution in [1.29, 1.82) is 0 Å². The highest BCUT2D eigenvalue weighted by Crippen LogP contribution is 2.15. The lowest BCUT2D eigenvalue weighted by Gasteiger charge is -2.05. The van der Waals surface area contributed by atoms with Crippen LogP contribution in [0.4, 0.5) is 0 Å². The molecule has 0 atom stereocenters. The molecular weight excluding hydrogens is 218 g/mol. The Morgan fingerprint density at radius 2 is 2.00 bits per heavy atom. The smallest absolute Gasteiger partial charge is 0.120 e. The molecule has 1 aromatic carbocycles. The van der Waals surface area contributed by atoms with Gasteiger partial charge >= 0.3 is 0 Å². The first kappa shape index (κ1) is 11.2. The molecule has 1 aromatic heterocycles. The number of aromatic hydroxyl groups is 1. The standard InChI is InChI=1S/C13H15NOS/c15-13-6-2-1-4-11(13)10-14-8-7-12-5-3-9-16-12/h1-6,9,14-15H,7-8,10H2. The van der Waals surface area contributed by atoms with E-state index in [-0.39, 0.29) is 0 Å². The molecule has 1 heterocycles. The van der Waals surface area contributed by atoms with E-state index >= 15 is 0 Å². The second-order valence-corrected chi connectivity index (χ2v) is 4.67. The fourth-order valence-electron chi connectivity index (χ4n) is 1.55. The number of hydrogen-bond acceptors (Lipinski definition) is 3. The molecule has 2 rings (SSSR count). The van der Waals surface area contributed by atoms with Crippen molar-refractivity contribution in [3.05, 3.63) is 52.2 Å². The Kier molecular flexibility index (Phi) is 3.97. The van der Waals surface area contributed by atoms with Crippen LogP contribution in [0, 0.1) is 0 Å². The summed E-state index contributed by atoms with van der Waals surface area (Å²) in [6.07, 6.45) is 1.05. The summed E-state index contributed by atoms with van der Waals surface area (Å²) in [5.41, 5.74) is 0.952. The summed E-state index contributed by atoms with van der Waals surface area (Å²) in [6, 6.07) is 11.7. The molecule has 0 bridgehead atoms. The van der Waals surface area contributed by atoms with E-state index in [1.807, 2.05) is 18.2 Å². The lowest BCUT2D eigenvalue weighted by molar-refractivity contribution is 0.464. The second-order valence-electron chi connectivity index (χ2n) is 3.63. The highest BCUT2D eigenvalue weighted by Gasteiger charge is 1.98. The number of rotatable bonds is 5. The highest BCUT2D eigenvalue weighted by atomic mass is 32.1. The number of hydrogen-bond donors (Lipinski definition) is 2. The highest BCUT2D eigenvalue weighted by molar-refractivity contribution is 7.09. The molecule has 0 saturated carbocycles. The largest absolute Gasteiger partial charge is 0.508 e. The van der Waals surface area contributed by atoms with Gasteiger partial charge in [-0.25, -0.2) is 0 Å². The van der Waals surface area contributed by atoms with Crippen molar-refractivity contribution in [2.24, 2.45) is 0 Å². The number of benzene rings is 1. The van der Waals surface area contributed by atoms with Gasteiger partial charge in [-0.05, 0) is 23.9 Å². The number of para-hydroxylation sites is 1. The number of phenols is 1. The van der Waals surface area contributed by atoms with Crippen LogP contribution in [-0.2, 0) is 13.0 Å². The maximum absolute atomic E-state index is 9.56. The molecule has 0 aliphatic carbocycles. The second kappa shape index (κ2) is 5.68. The minimum absolute atomic E-state index is 0.367. The van der Waals surface area contributed by atoms with Crippen LogP contribution in [0.2, 0.25) is 0 Å². The van der Waals surface area contributed by atoms with E-state index in [1.165, 1.54) is 4.88 Å². The number of phenolic OH excluding ortho intramolecular Hbond substituents is 1. The Morgan fingerprint density at radius 1 is 1.12 bits per heavy atom. The summed E-state index contributed by atoms with van der Waals surface area (Å²) >= 11 is 1.78. The van der Waals surface area contributed by atoms with Crippen LogP contribution in [0.25, 0.3) is 0 Å². The molecule has 0 aliphatic heterocycles. The van der Waals surface area contributed by atoms with Gasteiger partial charge in [0.15, 0.2) is 0 Å². The van der Waals surface area contributed by atoms with Gasteiger partial charge in [-0.15, -0.1) is 11.3 Å². The normalized spacial score (nSPS) is 10.5. The van der Waals surface area contributed by atoms with Crippen LogP contribution in [-0.4, -0.2) is 11.7 Å². The molecule has 16 heavy (non-hydrogen) atoms. The first-order valence-corrected chi connectivity index (χ1v) is 6.24. The monoisotopic (exact) mass is 233 g/mol. The Hall–Kier alpha value is -1.32. The van der Waals surface area contributed by atoms with Crippen molar-refractivity contribution >= 4 is 11.3 Å². The average Bonchev–Trinajstić information content (AvgIpc) is 2.79. The molecule has 0 amide bonds. The Bertz CT molecular complexity index is 425. The molecule has 3 heteroatoms. The van der Waals surface area contributed by atoms with Crippen LogP contribution in [0.3, 0.4) is 0 Å². The molecule has 84 valence electrons. The molecule has 0 fully saturated rings. The maximum Gasteiger partial charge on any atom is 0.120 e. The van der Waals surface area contributed by atoms with Crippen LogP contribution >= 0.6 is 11.3 Å². The first-order valence-electron chi connectivity index (χ1n) is 5.36. The number of nitrogens with one attached hydrogen (secondary N) is 1. The van der Waals surface area contributed by atoms with E-state index in [2.05, 4.69) is 22.8 Å². The van der Waals surface area contributed by atoms with Gasteiger partial charge < -0.3 is 10.4 Å². The molecular formula is C13H15NOS. The van der Waals surface area contributed by atoms with E-state index in [0.717, 1.165) is 25.1 Å². The molecule has 0 saturated heterocycles. The Morgan fingerprint density at radius 3 is 2.75 bits per heavy atom. The third kappa shape index (κ3) is 3.08. The molecule has 0 unspecified atom stereocenters. The fraction of sp³-hybridized carbons (Fsp3) is 0.231. The van der Waals surface area contributed by atoms with Gasteiger partial charge in [-0.2, -0.15) is 0 Å². The SMILES string of the molecule is Oc1ccccc1CNCCc1cccs1. The van der Waals surface area contributed by atoms with Gasteiger partial charge in [-0.3, -0.25) is 0 Å². The van der Waals surface area contributed by atoms with Crippen molar-refractivity contribution in [3.8, 4) is 5.75 Å². The zero-order valence-corrected chi connectivity index (χ0v) is 9.83. The van der Waals surface area contributed by atoms with E-state index in [9.17, 15) is 5.11 Å². The van der Waals surface area contributed by atoms with Crippen molar-refractivity contribution in [3.63, 3.8) is 0 Å². The van der Waals surface area contributed by atoms with Crippen LogP contribution in [0.15, 0.2) is 41.8 Å². The van der Waals surface area contributed by atoms with E-state index in [1.54, 1.807) is 17.4 Å². The molecule has 2 aromatic rings. The summed E-state index contributed by atoms with van der Waals surface area (Å²) in [6.45, 7) is 1.66. The minimum Gasteiger partial charge on any atom is -0.508 e. The summed E-state index contributed by atoms with van der Waals surface area (Å²) in [5, 5.41) is 15.0. The predicted molar refractivity (Wildman–Crippen MR) is 67.8 cm³/mol. The van der Waals surface area contributed by atoms with Gasteiger partial charge in [0.25, 0.3) is 0 Å². The molecule has 0 spiro atoms. The molecule has 2 nitrogen and oxygen atoms in total. The van der Waals surface area contributed by atoms with Gasteiger partial charge in [0.05, 0.1) is 0 Å². The van der Waals surface area contributed by atoms with Crippen molar-refractivity contribution in [1.82, 2.24) is 5.32 Å². The van der Waals surface area contributed by atoms with E-state index < -0.39 is 0 Å². The number of thiophene rings is 1. The fourth-order valence-corrected chi connectivity index (χ4v) is 2.26. The van der Waals surface area contributed by atoms with Crippen LogP contribution < -0.4 is 5.32 Å². The lowest BCUT2D eigenvalue weighted by Crippen LogP contribution is -2.16. The third-order valence-electron chi connectivity index (χ3n) is 2.44. The third-order valence-corrected chi connectivity index (χ3v) is 3.37. The van der Waals surface area contributed by atoms with Gasteiger partial charge in [0.1, 0.15) is 5.75 Å². The maximum atomic E-state index is 9.56. The zero-order valence-electron chi connectivity index (χ0n) is 9.02. The van der Waals surface area contributed by atoms with Gasteiger partial charge in [0, 0.05) is 23.5 Å². The topological polar surface area (TPSA) is 32.3 Å². The molecule has 0 aliphatic rings. The zero-order chi connectivity index (χ0) is 11.2. The molecule has 0 radical (unpaired) electrons. The first-order chi connectivity index (χ1) is 7.86. The Labute approximate surface area is 99.6 Å². The predicted octanol–water partition coefficient (Wildman–Crippen LogP) is 2.79. The van der Waals surface area contributed by atoms with Crippen LogP contribution in [0.1, 0.15) is 10.4 Å². The Balaban J connectivity index is 1.74. The van der Waals surface area contributed by atoms with E-state index in [0.29, 0.717) is 5.75 Å². The van der Waals surface area contributed by atoms with Gasteiger partial charge in [-0.1, -0.05) is 24.3 Å². The van der Waals surface area contributed by atoms with Crippen LogP contribution in [0.5, 0.6) is 5.75 Å². The summed E-state index contributed by atoms with van der Waals surface area (Å²) in [7, 11) is 0. The minimum atomic E-state index is 0.367. The molecule has 2 N–H and O–H groups in total. The van der Waals surface area contributed by atoms with Crippen molar-refractivity contribution in [2.75, 3.05) is 6.54 Å². The quantitative estimate of drug-likeness (QED) is 0.778. The van der Waals surface area contributed by atoms with Crippen molar-refractivity contribution < 1.29 is 5.11 Å².